The van der Waals surface area contributed by atoms with Gasteiger partial charge in [-0.15, -0.1) is 0 Å². The number of hydrogen-bond donors (Lipinski definition) is 2. The summed E-state index contributed by atoms with van der Waals surface area (Å²) in [7, 11) is 1.81. The van der Waals surface area contributed by atoms with E-state index in [1.165, 1.54) is 0 Å². The Morgan fingerprint density at radius 1 is 1.14 bits per heavy atom. The van der Waals surface area contributed by atoms with Gasteiger partial charge in [-0.1, -0.05) is 6.92 Å². The monoisotopic (exact) mass is 305 g/mol. The first-order valence-corrected chi connectivity index (χ1v) is 8.02. The highest BCUT2D eigenvalue weighted by molar-refractivity contribution is 5.79. The molecule has 1 fully saturated rings. The maximum atomic E-state index is 4.31. The number of piperazine rings is 1. The molecule has 0 bridgehead atoms. The number of nitrogens with one attached hydrogen (secondary N) is 2. The minimum atomic E-state index is 0.837. The van der Waals surface area contributed by atoms with E-state index in [1.54, 1.807) is 12.4 Å². The molecule has 2 rings (SSSR count). The molecule has 7 nitrogen and oxygen atoms in total. The van der Waals surface area contributed by atoms with Crippen molar-refractivity contribution in [3.05, 3.63) is 18.5 Å². The first-order chi connectivity index (χ1) is 10.8. The molecule has 0 unspecified atom stereocenters. The highest BCUT2D eigenvalue weighted by Crippen LogP contribution is 2.08. The highest BCUT2D eigenvalue weighted by Gasteiger charge is 2.18. The molecule has 0 spiro atoms. The van der Waals surface area contributed by atoms with Crippen LogP contribution in [0.15, 0.2) is 23.5 Å². The van der Waals surface area contributed by atoms with Gasteiger partial charge >= 0.3 is 0 Å². The quantitative estimate of drug-likeness (QED) is 0.577. The Bertz CT molecular complexity index is 440. The molecule has 1 aliphatic rings. The van der Waals surface area contributed by atoms with Crippen LogP contribution < -0.4 is 15.5 Å². The van der Waals surface area contributed by atoms with E-state index < -0.39 is 0 Å². The van der Waals surface area contributed by atoms with E-state index in [9.17, 15) is 0 Å². The Morgan fingerprint density at radius 2 is 1.82 bits per heavy atom. The van der Waals surface area contributed by atoms with E-state index in [1.807, 2.05) is 13.1 Å². The maximum Gasteiger partial charge on any atom is 0.225 e. The third-order valence-corrected chi connectivity index (χ3v) is 3.69. The second-order valence-electron chi connectivity index (χ2n) is 5.30. The van der Waals surface area contributed by atoms with Crippen molar-refractivity contribution in [1.82, 2.24) is 25.5 Å². The Balaban J connectivity index is 1.65. The molecule has 0 aliphatic carbocycles. The van der Waals surface area contributed by atoms with Crippen LogP contribution in [0.25, 0.3) is 0 Å². The van der Waals surface area contributed by atoms with Gasteiger partial charge in [0.25, 0.3) is 0 Å². The summed E-state index contributed by atoms with van der Waals surface area (Å²) < 4.78 is 0. The van der Waals surface area contributed by atoms with Crippen molar-refractivity contribution in [2.75, 3.05) is 57.8 Å². The molecule has 0 saturated carbocycles. The highest BCUT2D eigenvalue weighted by atomic mass is 15.3. The minimum absolute atomic E-state index is 0.837. The van der Waals surface area contributed by atoms with Gasteiger partial charge in [-0.05, 0) is 12.5 Å². The molecular weight excluding hydrogens is 278 g/mol. The van der Waals surface area contributed by atoms with Crippen LogP contribution in [0.3, 0.4) is 0 Å². The van der Waals surface area contributed by atoms with Crippen molar-refractivity contribution < 1.29 is 0 Å². The summed E-state index contributed by atoms with van der Waals surface area (Å²) in [6.07, 6.45) is 4.70. The number of rotatable bonds is 6. The fraction of sp³-hybridized carbons (Fsp3) is 0.667. The predicted octanol–water partition coefficient (Wildman–Crippen LogP) is 0.174. The summed E-state index contributed by atoms with van der Waals surface area (Å²) in [5, 5.41) is 6.63. The molecule has 1 aromatic heterocycles. The normalized spacial score (nSPS) is 16.6. The lowest BCUT2D eigenvalue weighted by molar-refractivity contribution is 0.260. The average Bonchev–Trinajstić information content (AvgIpc) is 2.59. The molecule has 2 heterocycles. The molecule has 22 heavy (non-hydrogen) atoms. The van der Waals surface area contributed by atoms with E-state index in [0.29, 0.717) is 0 Å². The van der Waals surface area contributed by atoms with E-state index in [4.69, 9.17) is 0 Å². The summed E-state index contributed by atoms with van der Waals surface area (Å²) in [4.78, 5) is 17.5. The fourth-order valence-electron chi connectivity index (χ4n) is 2.42. The Morgan fingerprint density at radius 3 is 2.45 bits per heavy atom. The largest absolute Gasteiger partial charge is 0.356 e. The predicted molar refractivity (Wildman–Crippen MR) is 90.3 cm³/mol. The van der Waals surface area contributed by atoms with Gasteiger partial charge in [-0.2, -0.15) is 0 Å². The van der Waals surface area contributed by atoms with Crippen LogP contribution in [0, 0.1) is 0 Å². The van der Waals surface area contributed by atoms with Gasteiger partial charge in [0.2, 0.25) is 5.95 Å². The first kappa shape index (κ1) is 16.5. The lowest BCUT2D eigenvalue weighted by Crippen LogP contribution is -2.49. The number of hydrogen-bond acceptors (Lipinski definition) is 5. The molecule has 0 atom stereocenters. The number of guanidine groups is 1. The number of nitrogens with zero attached hydrogens (tertiary/aromatic N) is 5. The van der Waals surface area contributed by atoms with Crippen molar-refractivity contribution in [1.29, 1.82) is 0 Å². The number of anilines is 1. The van der Waals surface area contributed by atoms with Crippen LogP contribution in [0.4, 0.5) is 5.95 Å². The van der Waals surface area contributed by atoms with Crippen LogP contribution >= 0.6 is 0 Å². The van der Waals surface area contributed by atoms with Gasteiger partial charge in [0.15, 0.2) is 5.96 Å². The summed E-state index contributed by atoms with van der Waals surface area (Å²) in [5.74, 6) is 1.72. The minimum Gasteiger partial charge on any atom is -0.356 e. The van der Waals surface area contributed by atoms with Gasteiger partial charge in [-0.3, -0.25) is 9.89 Å². The van der Waals surface area contributed by atoms with E-state index >= 15 is 0 Å². The molecule has 7 heteroatoms. The van der Waals surface area contributed by atoms with Crippen LogP contribution in [0.1, 0.15) is 13.3 Å². The van der Waals surface area contributed by atoms with Gasteiger partial charge in [0.1, 0.15) is 0 Å². The van der Waals surface area contributed by atoms with Crippen LogP contribution in [0.2, 0.25) is 0 Å². The zero-order chi connectivity index (χ0) is 15.6. The van der Waals surface area contributed by atoms with Gasteiger partial charge in [-0.25, -0.2) is 9.97 Å². The molecule has 1 aliphatic heterocycles. The summed E-state index contributed by atoms with van der Waals surface area (Å²) in [5.41, 5.74) is 0. The van der Waals surface area contributed by atoms with E-state index in [-0.39, 0.29) is 0 Å². The van der Waals surface area contributed by atoms with Crippen LogP contribution in [-0.4, -0.2) is 73.7 Å². The summed E-state index contributed by atoms with van der Waals surface area (Å²) in [6, 6.07) is 1.85. The Kier molecular flexibility index (Phi) is 6.89. The molecule has 1 saturated heterocycles. The van der Waals surface area contributed by atoms with Crippen LogP contribution in [0.5, 0.6) is 0 Å². The SMILES string of the molecule is CCCNC(=NC)NCCN1CCN(c2ncccn2)CC1. The second kappa shape index (κ2) is 9.19. The van der Waals surface area contributed by atoms with Gasteiger partial charge < -0.3 is 15.5 Å². The van der Waals surface area contributed by atoms with E-state index in [2.05, 4.69) is 42.3 Å². The number of aromatic nitrogens is 2. The maximum absolute atomic E-state index is 4.31. The van der Waals surface area contributed by atoms with Gasteiger partial charge in [0.05, 0.1) is 0 Å². The molecule has 2 N–H and O–H groups in total. The molecule has 0 radical (unpaired) electrons. The van der Waals surface area contributed by atoms with Crippen LogP contribution in [-0.2, 0) is 0 Å². The molecule has 122 valence electrons. The fourth-order valence-corrected chi connectivity index (χ4v) is 2.42. The molecule has 1 aromatic rings. The summed E-state index contributed by atoms with van der Waals surface area (Å²) in [6.45, 7) is 9.08. The molecular formula is C15H27N7. The lowest BCUT2D eigenvalue weighted by Gasteiger charge is -2.34. The Labute approximate surface area is 132 Å². The molecule has 0 amide bonds. The average molecular weight is 305 g/mol. The van der Waals surface area contributed by atoms with Crippen molar-refractivity contribution in [2.45, 2.75) is 13.3 Å². The third-order valence-electron chi connectivity index (χ3n) is 3.69. The van der Waals surface area contributed by atoms with Crippen molar-refractivity contribution in [2.24, 2.45) is 4.99 Å². The van der Waals surface area contributed by atoms with Crippen molar-refractivity contribution in [3.8, 4) is 0 Å². The second-order valence-corrected chi connectivity index (χ2v) is 5.30. The zero-order valence-electron chi connectivity index (χ0n) is 13.6. The topological polar surface area (TPSA) is 68.7 Å². The van der Waals surface area contributed by atoms with Crippen molar-refractivity contribution in [3.63, 3.8) is 0 Å². The standard InChI is InChI=1S/C15H27N7/c1-3-5-17-14(16-2)18-8-9-21-10-12-22(13-11-21)15-19-6-4-7-20-15/h4,6-7H,3,5,8-13H2,1-2H3,(H2,16,17,18). The smallest absolute Gasteiger partial charge is 0.225 e. The van der Waals surface area contributed by atoms with E-state index in [0.717, 1.165) is 64.1 Å². The molecule has 0 aromatic carbocycles. The Hall–Kier alpha value is -1.89. The van der Waals surface area contributed by atoms with Gasteiger partial charge in [0, 0.05) is 65.3 Å². The summed E-state index contributed by atoms with van der Waals surface area (Å²) >= 11 is 0. The zero-order valence-corrected chi connectivity index (χ0v) is 13.6. The van der Waals surface area contributed by atoms with Crippen molar-refractivity contribution >= 4 is 11.9 Å². The first-order valence-electron chi connectivity index (χ1n) is 8.02. The third kappa shape index (κ3) is 5.14. The lowest BCUT2D eigenvalue weighted by atomic mass is 10.3. The number of aliphatic imine (C=N–C) groups is 1.